The summed E-state index contributed by atoms with van der Waals surface area (Å²) in [5.74, 6) is -0.977. The number of rotatable bonds is 4. The monoisotopic (exact) mass is 424 g/mol. The molecule has 148 valence electrons. The lowest BCUT2D eigenvalue weighted by Gasteiger charge is -2.27. The summed E-state index contributed by atoms with van der Waals surface area (Å²) in [5, 5.41) is 13.1. The van der Waals surface area contributed by atoms with E-state index in [2.05, 4.69) is 18.0 Å². The van der Waals surface area contributed by atoms with Crippen molar-refractivity contribution in [1.82, 2.24) is 14.8 Å². The summed E-state index contributed by atoms with van der Waals surface area (Å²) in [4.78, 5) is 27.6. The first-order valence-electron chi connectivity index (χ1n) is 8.90. The third kappa shape index (κ3) is 3.43. The Morgan fingerprint density at radius 1 is 1.31 bits per heavy atom. The van der Waals surface area contributed by atoms with E-state index in [4.69, 9.17) is 12.2 Å². The zero-order valence-electron chi connectivity index (χ0n) is 16.6. The zero-order valence-corrected chi connectivity index (χ0v) is 18.3. The van der Waals surface area contributed by atoms with Crippen molar-refractivity contribution in [2.75, 3.05) is 6.54 Å². The van der Waals surface area contributed by atoms with E-state index in [1.54, 1.807) is 23.5 Å². The van der Waals surface area contributed by atoms with Crippen LogP contribution in [0.5, 0.6) is 0 Å². The predicted octanol–water partition coefficient (Wildman–Crippen LogP) is 3.46. The largest absolute Gasteiger partial charge is 0.308 e. The second-order valence-corrected chi connectivity index (χ2v) is 8.35. The number of nitriles is 1. The molecule has 0 saturated carbocycles. The van der Waals surface area contributed by atoms with Crippen molar-refractivity contribution in [3.8, 4) is 11.1 Å². The lowest BCUT2D eigenvalue weighted by atomic mass is 10.1. The fourth-order valence-corrected chi connectivity index (χ4v) is 4.76. The van der Waals surface area contributed by atoms with Crippen molar-refractivity contribution in [3.63, 3.8) is 0 Å². The minimum atomic E-state index is -0.523. The normalized spacial score (nSPS) is 15.6. The molecule has 1 N–H and O–H groups in total. The molecule has 1 aliphatic heterocycles. The Balaban J connectivity index is 2.12. The van der Waals surface area contributed by atoms with Gasteiger partial charge in [0.1, 0.15) is 16.6 Å². The van der Waals surface area contributed by atoms with Gasteiger partial charge in [0.25, 0.3) is 11.8 Å². The van der Waals surface area contributed by atoms with Crippen LogP contribution < -0.4 is 5.32 Å². The van der Waals surface area contributed by atoms with Gasteiger partial charge in [0.2, 0.25) is 0 Å². The number of thiocarbonyl (C=S) groups is 1. The summed E-state index contributed by atoms with van der Waals surface area (Å²) in [6.07, 6.45) is 3.13. The Bertz CT molecular complexity index is 1140. The van der Waals surface area contributed by atoms with Gasteiger partial charge in [-0.3, -0.25) is 19.8 Å². The summed E-state index contributed by atoms with van der Waals surface area (Å²) in [5.41, 5.74) is 4.11. The van der Waals surface area contributed by atoms with Gasteiger partial charge in [-0.05, 0) is 63.2 Å². The van der Waals surface area contributed by atoms with E-state index in [9.17, 15) is 14.9 Å². The maximum absolute atomic E-state index is 12.8. The van der Waals surface area contributed by atoms with Gasteiger partial charge in [-0.1, -0.05) is 6.08 Å². The van der Waals surface area contributed by atoms with Crippen molar-refractivity contribution < 1.29 is 9.59 Å². The molecule has 29 heavy (non-hydrogen) atoms. The molecular weight excluding hydrogens is 404 g/mol. The van der Waals surface area contributed by atoms with Gasteiger partial charge in [0.15, 0.2) is 5.11 Å². The average Bonchev–Trinajstić information content (AvgIpc) is 3.10. The first-order chi connectivity index (χ1) is 13.7. The molecule has 1 fully saturated rings. The lowest BCUT2D eigenvalue weighted by molar-refractivity contribution is -0.128. The van der Waals surface area contributed by atoms with Crippen molar-refractivity contribution >= 4 is 46.6 Å². The Morgan fingerprint density at radius 3 is 2.62 bits per heavy atom. The van der Waals surface area contributed by atoms with Gasteiger partial charge in [0, 0.05) is 22.8 Å². The van der Waals surface area contributed by atoms with Crippen LogP contribution in [0.2, 0.25) is 0 Å². The minimum Gasteiger partial charge on any atom is -0.308 e. The number of amides is 2. The van der Waals surface area contributed by atoms with E-state index < -0.39 is 11.8 Å². The van der Waals surface area contributed by atoms with E-state index >= 15 is 0 Å². The molecule has 2 amide bonds. The minimum absolute atomic E-state index is 0.0137. The number of carbonyl (C=O) groups is 2. The van der Waals surface area contributed by atoms with Crippen LogP contribution in [-0.4, -0.2) is 32.9 Å². The van der Waals surface area contributed by atoms with Gasteiger partial charge in [-0.2, -0.15) is 5.26 Å². The molecule has 1 saturated heterocycles. The van der Waals surface area contributed by atoms with Gasteiger partial charge >= 0.3 is 0 Å². The Labute approximate surface area is 178 Å². The summed E-state index contributed by atoms with van der Waals surface area (Å²) in [6.45, 7) is 11.6. The molecule has 2 aromatic rings. The maximum atomic E-state index is 12.8. The van der Waals surface area contributed by atoms with Crippen LogP contribution in [0.1, 0.15) is 33.0 Å². The summed E-state index contributed by atoms with van der Waals surface area (Å²) in [6, 6.07) is 4.19. The van der Waals surface area contributed by atoms with Gasteiger partial charge in [0.05, 0.1) is 5.56 Å². The Kier molecular flexibility index (Phi) is 5.55. The molecule has 0 bridgehead atoms. The van der Waals surface area contributed by atoms with E-state index in [1.165, 1.54) is 4.90 Å². The van der Waals surface area contributed by atoms with Crippen molar-refractivity contribution in [2.45, 2.75) is 27.7 Å². The molecular formula is C21H20N4O2S2. The molecule has 3 rings (SSSR count). The van der Waals surface area contributed by atoms with Crippen LogP contribution in [-0.2, 0) is 9.59 Å². The predicted molar refractivity (Wildman–Crippen MR) is 118 cm³/mol. The molecule has 3 heterocycles. The van der Waals surface area contributed by atoms with Gasteiger partial charge < -0.3 is 4.57 Å². The van der Waals surface area contributed by atoms with E-state index in [0.717, 1.165) is 32.4 Å². The number of nitrogens with one attached hydrogen (secondary N) is 1. The first-order valence-corrected chi connectivity index (χ1v) is 10.1. The smallest absolute Gasteiger partial charge is 0.265 e. The molecule has 0 radical (unpaired) electrons. The first kappa shape index (κ1) is 20.7. The van der Waals surface area contributed by atoms with E-state index in [-0.39, 0.29) is 17.2 Å². The molecule has 1 aliphatic rings. The van der Waals surface area contributed by atoms with Gasteiger partial charge in [-0.25, -0.2) is 0 Å². The van der Waals surface area contributed by atoms with E-state index in [1.807, 2.05) is 38.3 Å². The number of aromatic nitrogens is 1. The number of hydrogen-bond donors (Lipinski definition) is 1. The highest BCUT2D eigenvalue weighted by Gasteiger charge is 2.33. The van der Waals surface area contributed by atoms with Crippen molar-refractivity contribution in [3.05, 3.63) is 57.2 Å². The number of thiophene rings is 1. The molecule has 2 aromatic heterocycles. The summed E-state index contributed by atoms with van der Waals surface area (Å²) >= 11 is 6.64. The van der Waals surface area contributed by atoms with Crippen LogP contribution in [0.4, 0.5) is 0 Å². The third-order valence-electron chi connectivity index (χ3n) is 4.95. The molecule has 6 nitrogen and oxygen atoms in total. The second kappa shape index (κ2) is 7.78. The molecule has 0 aliphatic carbocycles. The number of nitrogens with zero attached hydrogens (tertiary/aromatic N) is 3. The SMILES string of the molecule is C=CCN1C(=O)/C(=C/c2cc(C)n(-c3sc(C)c(C)c3C#N)c2C)C(=O)NC1=S. The van der Waals surface area contributed by atoms with Crippen LogP contribution >= 0.6 is 23.6 Å². The van der Waals surface area contributed by atoms with Crippen LogP contribution in [0, 0.1) is 39.0 Å². The topological polar surface area (TPSA) is 78.1 Å². The quantitative estimate of drug-likeness (QED) is 0.353. The number of hydrogen-bond acceptors (Lipinski definition) is 5. The summed E-state index contributed by atoms with van der Waals surface area (Å²) in [7, 11) is 0. The highest BCUT2D eigenvalue weighted by molar-refractivity contribution is 7.80. The van der Waals surface area contributed by atoms with Crippen LogP contribution in [0.15, 0.2) is 24.3 Å². The van der Waals surface area contributed by atoms with Crippen LogP contribution in [0.25, 0.3) is 11.1 Å². The molecule has 0 atom stereocenters. The third-order valence-corrected chi connectivity index (χ3v) is 6.46. The van der Waals surface area contributed by atoms with Crippen molar-refractivity contribution in [1.29, 1.82) is 5.26 Å². The Morgan fingerprint density at radius 2 is 2.00 bits per heavy atom. The maximum Gasteiger partial charge on any atom is 0.265 e. The van der Waals surface area contributed by atoms with E-state index in [0.29, 0.717) is 5.56 Å². The van der Waals surface area contributed by atoms with Gasteiger partial charge in [-0.15, -0.1) is 17.9 Å². The number of carbonyl (C=O) groups excluding carboxylic acids is 2. The molecule has 0 spiro atoms. The van der Waals surface area contributed by atoms with Crippen molar-refractivity contribution in [2.24, 2.45) is 0 Å². The second-order valence-electron chi connectivity index (χ2n) is 6.76. The highest BCUT2D eigenvalue weighted by atomic mass is 32.1. The summed E-state index contributed by atoms with van der Waals surface area (Å²) < 4.78 is 1.99. The fraction of sp³-hybridized carbons (Fsp3) is 0.238. The van der Waals surface area contributed by atoms with Crippen LogP contribution in [0.3, 0.4) is 0 Å². The lowest BCUT2D eigenvalue weighted by Crippen LogP contribution is -2.53. The number of aryl methyl sites for hydroxylation is 2. The molecule has 0 unspecified atom stereocenters. The Hall–Kier alpha value is -3.02. The zero-order chi connectivity index (χ0) is 21.5. The molecule has 0 aromatic carbocycles. The highest BCUT2D eigenvalue weighted by Crippen LogP contribution is 2.34. The standard InChI is InChI=1S/C21H20N4O2S2/c1-6-7-24-19(27)16(18(26)23-21(24)28)9-15-8-11(2)25(13(15)4)20-17(10-22)12(3)14(5)29-20/h6,8-9H,1,7H2,2-5H3,(H,23,26,28)/b16-9+. The average molecular weight is 425 g/mol. The molecule has 8 heteroatoms. The fourth-order valence-electron chi connectivity index (χ4n) is 3.29.